The predicted molar refractivity (Wildman–Crippen MR) is 80.9 cm³/mol. The van der Waals surface area contributed by atoms with Crippen LogP contribution in [-0.4, -0.2) is 43.1 Å². The molecule has 0 unspecified atom stereocenters. The molecule has 1 aromatic rings. The number of amides is 1. The highest BCUT2D eigenvalue weighted by Gasteiger charge is 2.62. The Labute approximate surface area is 131 Å². The van der Waals surface area contributed by atoms with Crippen molar-refractivity contribution in [2.75, 3.05) is 20.4 Å². The van der Waals surface area contributed by atoms with E-state index in [2.05, 4.69) is 0 Å². The lowest BCUT2D eigenvalue weighted by atomic mass is 9.80. The summed E-state index contributed by atoms with van der Waals surface area (Å²) in [6.07, 6.45) is -0.235. The van der Waals surface area contributed by atoms with Crippen LogP contribution in [0.15, 0.2) is 30.3 Å². The van der Waals surface area contributed by atoms with E-state index in [1.165, 1.54) is 0 Å². The van der Waals surface area contributed by atoms with Gasteiger partial charge in [-0.15, -0.1) is 0 Å². The van der Waals surface area contributed by atoms with Gasteiger partial charge in [-0.3, -0.25) is 4.79 Å². The largest absolute Gasteiger partial charge is 0.354 e. The van der Waals surface area contributed by atoms with Gasteiger partial charge in [-0.25, -0.2) is 0 Å². The SMILES string of the molecule is C[C@H]1[C@@H](c2ccccc2)O[C@]2(OCOCC2(C)C)C(=O)N1C. The zero-order chi connectivity index (χ0) is 16.0. The van der Waals surface area contributed by atoms with Gasteiger partial charge in [0.15, 0.2) is 6.79 Å². The molecule has 0 aromatic heterocycles. The number of benzene rings is 1. The number of rotatable bonds is 1. The van der Waals surface area contributed by atoms with E-state index in [0.717, 1.165) is 5.56 Å². The van der Waals surface area contributed by atoms with E-state index in [0.29, 0.717) is 6.61 Å². The topological polar surface area (TPSA) is 48.0 Å². The Morgan fingerprint density at radius 1 is 1.23 bits per heavy atom. The summed E-state index contributed by atoms with van der Waals surface area (Å²) in [4.78, 5) is 14.7. The number of carbonyl (C=O) groups excluding carboxylic acids is 1. The molecule has 5 heteroatoms. The highest BCUT2D eigenvalue weighted by atomic mass is 16.8. The van der Waals surface area contributed by atoms with Crippen LogP contribution in [0.1, 0.15) is 32.4 Å². The molecular weight excluding hydrogens is 282 g/mol. The summed E-state index contributed by atoms with van der Waals surface area (Å²) in [5, 5.41) is 0. The summed E-state index contributed by atoms with van der Waals surface area (Å²) in [6.45, 7) is 6.36. The maximum Gasteiger partial charge on any atom is 0.283 e. The second-order valence-electron chi connectivity index (χ2n) is 6.72. The van der Waals surface area contributed by atoms with Crippen LogP contribution in [0.2, 0.25) is 0 Å². The molecular formula is C17H23NO4. The smallest absolute Gasteiger partial charge is 0.283 e. The summed E-state index contributed by atoms with van der Waals surface area (Å²) in [5.41, 5.74) is 0.476. The predicted octanol–water partition coefficient (Wildman–Crippen LogP) is 2.33. The molecule has 0 saturated carbocycles. The van der Waals surface area contributed by atoms with E-state index >= 15 is 0 Å². The maximum absolute atomic E-state index is 12.9. The van der Waals surface area contributed by atoms with Crippen molar-refractivity contribution in [3.63, 3.8) is 0 Å². The molecule has 1 spiro atoms. The quantitative estimate of drug-likeness (QED) is 0.799. The zero-order valence-corrected chi connectivity index (χ0v) is 13.5. The fourth-order valence-electron chi connectivity index (χ4n) is 3.19. The van der Waals surface area contributed by atoms with Crippen molar-refractivity contribution >= 4 is 5.91 Å². The van der Waals surface area contributed by atoms with E-state index in [4.69, 9.17) is 14.2 Å². The van der Waals surface area contributed by atoms with E-state index in [-0.39, 0.29) is 24.8 Å². The first-order chi connectivity index (χ1) is 10.4. The molecule has 1 aromatic carbocycles. The van der Waals surface area contributed by atoms with Crippen LogP contribution in [-0.2, 0) is 19.0 Å². The Morgan fingerprint density at radius 3 is 2.55 bits per heavy atom. The third kappa shape index (κ3) is 2.16. The number of nitrogens with zero attached hydrogens (tertiary/aromatic N) is 1. The zero-order valence-electron chi connectivity index (χ0n) is 13.5. The van der Waals surface area contributed by atoms with Crippen LogP contribution in [0.5, 0.6) is 0 Å². The molecule has 0 radical (unpaired) electrons. The molecule has 2 fully saturated rings. The first kappa shape index (κ1) is 15.5. The lowest BCUT2D eigenvalue weighted by Gasteiger charge is -2.54. The first-order valence-electron chi connectivity index (χ1n) is 7.61. The second-order valence-corrected chi connectivity index (χ2v) is 6.72. The monoisotopic (exact) mass is 305 g/mol. The van der Waals surface area contributed by atoms with Gasteiger partial charge in [-0.05, 0) is 12.5 Å². The van der Waals surface area contributed by atoms with Gasteiger partial charge in [0.05, 0.1) is 18.1 Å². The third-order valence-corrected chi connectivity index (χ3v) is 4.77. The molecule has 1 amide bonds. The molecule has 22 heavy (non-hydrogen) atoms. The Kier molecular flexibility index (Phi) is 3.75. The van der Waals surface area contributed by atoms with Crippen LogP contribution in [0, 0.1) is 5.41 Å². The summed E-state index contributed by atoms with van der Waals surface area (Å²) >= 11 is 0. The van der Waals surface area contributed by atoms with Crippen molar-refractivity contribution in [1.82, 2.24) is 4.90 Å². The Bertz CT molecular complexity index is 559. The van der Waals surface area contributed by atoms with Crippen LogP contribution < -0.4 is 0 Å². The van der Waals surface area contributed by atoms with Gasteiger partial charge >= 0.3 is 0 Å². The van der Waals surface area contributed by atoms with Crippen molar-refractivity contribution in [2.45, 2.75) is 38.7 Å². The normalized spacial score (nSPS) is 34.9. The molecule has 3 atom stereocenters. The van der Waals surface area contributed by atoms with Crippen LogP contribution in [0.25, 0.3) is 0 Å². The molecule has 3 rings (SSSR count). The fraction of sp³-hybridized carbons (Fsp3) is 0.588. The molecule has 0 aliphatic carbocycles. The number of likely N-dealkylation sites (N-methyl/N-ethyl adjacent to an activating group) is 1. The molecule has 2 aliphatic rings. The Morgan fingerprint density at radius 2 is 1.91 bits per heavy atom. The molecule has 2 heterocycles. The second kappa shape index (κ2) is 5.33. The van der Waals surface area contributed by atoms with Crippen molar-refractivity contribution in [1.29, 1.82) is 0 Å². The van der Waals surface area contributed by atoms with Gasteiger partial charge in [0.2, 0.25) is 0 Å². The molecule has 2 aliphatic heterocycles. The van der Waals surface area contributed by atoms with Crippen molar-refractivity contribution in [3.05, 3.63) is 35.9 Å². The van der Waals surface area contributed by atoms with Gasteiger partial charge in [0.25, 0.3) is 11.7 Å². The van der Waals surface area contributed by atoms with E-state index in [1.807, 2.05) is 58.2 Å². The standard InChI is InChI=1S/C17H23NO4/c1-12-14(13-8-6-5-7-9-13)22-17(15(19)18(12)4)16(2,3)10-20-11-21-17/h5-9,12,14H,10-11H2,1-4H3/t12-,14-,17+/m0/s1. The lowest BCUT2D eigenvalue weighted by molar-refractivity contribution is -0.373. The molecule has 0 N–H and O–H groups in total. The minimum Gasteiger partial charge on any atom is -0.354 e. The number of hydrogen-bond donors (Lipinski definition) is 0. The Hall–Kier alpha value is -1.43. The number of hydrogen-bond acceptors (Lipinski definition) is 4. The summed E-state index contributed by atoms with van der Waals surface area (Å²) in [7, 11) is 1.81. The van der Waals surface area contributed by atoms with E-state index in [1.54, 1.807) is 4.90 Å². The van der Waals surface area contributed by atoms with Crippen molar-refractivity contribution in [2.24, 2.45) is 5.41 Å². The Balaban J connectivity index is 2.03. The molecule has 5 nitrogen and oxygen atoms in total. The minimum atomic E-state index is -1.30. The van der Waals surface area contributed by atoms with Gasteiger partial charge in [0, 0.05) is 7.05 Å². The highest BCUT2D eigenvalue weighted by Crippen LogP contribution is 2.47. The lowest BCUT2D eigenvalue weighted by Crippen LogP contribution is -2.69. The molecule has 120 valence electrons. The first-order valence-corrected chi connectivity index (χ1v) is 7.61. The average molecular weight is 305 g/mol. The highest BCUT2D eigenvalue weighted by molar-refractivity contribution is 5.85. The van der Waals surface area contributed by atoms with Crippen LogP contribution >= 0.6 is 0 Å². The number of ether oxygens (including phenoxy) is 3. The molecule has 2 saturated heterocycles. The van der Waals surface area contributed by atoms with Gasteiger partial charge in [-0.1, -0.05) is 44.2 Å². The van der Waals surface area contributed by atoms with Crippen LogP contribution in [0.4, 0.5) is 0 Å². The summed E-state index contributed by atoms with van der Waals surface area (Å²) in [6, 6.07) is 9.89. The van der Waals surface area contributed by atoms with Gasteiger partial charge in [-0.2, -0.15) is 0 Å². The van der Waals surface area contributed by atoms with E-state index in [9.17, 15) is 4.79 Å². The van der Waals surface area contributed by atoms with Crippen molar-refractivity contribution in [3.8, 4) is 0 Å². The van der Waals surface area contributed by atoms with Crippen molar-refractivity contribution < 1.29 is 19.0 Å². The fourth-order valence-corrected chi connectivity index (χ4v) is 3.19. The van der Waals surface area contributed by atoms with E-state index < -0.39 is 11.2 Å². The average Bonchev–Trinajstić information content (AvgIpc) is 2.51. The van der Waals surface area contributed by atoms with Gasteiger partial charge in [0.1, 0.15) is 6.10 Å². The molecule has 0 bridgehead atoms. The van der Waals surface area contributed by atoms with Gasteiger partial charge < -0.3 is 19.1 Å². The number of carbonyl (C=O) groups is 1. The number of morpholine rings is 1. The van der Waals surface area contributed by atoms with Crippen LogP contribution in [0.3, 0.4) is 0 Å². The summed E-state index contributed by atoms with van der Waals surface area (Å²) < 4.78 is 17.5. The maximum atomic E-state index is 12.9. The minimum absolute atomic E-state index is 0.0669. The summed E-state index contributed by atoms with van der Waals surface area (Å²) in [5.74, 6) is -1.44. The third-order valence-electron chi connectivity index (χ3n) is 4.77.